The van der Waals surface area contributed by atoms with Gasteiger partial charge in [-0.25, -0.2) is 9.97 Å². The molecule has 0 unspecified atom stereocenters. The summed E-state index contributed by atoms with van der Waals surface area (Å²) < 4.78 is 2.55. The molecule has 1 saturated heterocycles. The Kier molecular flexibility index (Phi) is 5.62. The summed E-state index contributed by atoms with van der Waals surface area (Å²) in [6, 6.07) is 15.0. The molecule has 4 aromatic rings. The Labute approximate surface area is 205 Å². The van der Waals surface area contributed by atoms with E-state index in [1.54, 1.807) is 0 Å². The predicted octanol–water partition coefficient (Wildman–Crippen LogP) is 5.81. The second-order valence-electron chi connectivity index (χ2n) is 10.0. The third kappa shape index (κ3) is 3.91. The van der Waals surface area contributed by atoms with Gasteiger partial charge in [0.05, 0.1) is 29.4 Å². The van der Waals surface area contributed by atoms with Crippen molar-refractivity contribution in [2.24, 2.45) is 5.92 Å². The fourth-order valence-electron chi connectivity index (χ4n) is 6.15. The highest BCUT2D eigenvalue weighted by molar-refractivity contribution is 6.01. The van der Waals surface area contributed by atoms with E-state index in [1.807, 2.05) is 24.5 Å². The van der Waals surface area contributed by atoms with E-state index >= 15 is 0 Å². The molecular formula is C28H29N7. The first-order chi connectivity index (χ1) is 17.2. The SMILES string of the molecule is N#CC[C@H]1CC[C@H](n2c(C3CCN(c4ccc(C#N)cc4)CC3)nc3cnc4[nH]ccc4c32)CC1. The van der Waals surface area contributed by atoms with E-state index in [2.05, 4.69) is 49.8 Å². The minimum atomic E-state index is 0.405. The second-order valence-corrected chi connectivity index (χ2v) is 10.0. The van der Waals surface area contributed by atoms with Crippen molar-refractivity contribution in [3.8, 4) is 12.1 Å². The van der Waals surface area contributed by atoms with Gasteiger partial charge in [-0.15, -0.1) is 0 Å². The molecule has 1 N–H and O–H groups in total. The maximum Gasteiger partial charge on any atom is 0.139 e. The minimum Gasteiger partial charge on any atom is -0.371 e. The van der Waals surface area contributed by atoms with Crippen molar-refractivity contribution >= 4 is 27.8 Å². The Morgan fingerprint density at radius 1 is 0.971 bits per heavy atom. The predicted molar refractivity (Wildman–Crippen MR) is 136 cm³/mol. The first-order valence-corrected chi connectivity index (χ1v) is 12.7. The van der Waals surface area contributed by atoms with E-state index in [9.17, 15) is 0 Å². The lowest BCUT2D eigenvalue weighted by Crippen LogP contribution is -2.34. The van der Waals surface area contributed by atoms with Gasteiger partial charge >= 0.3 is 0 Å². The molecule has 2 fully saturated rings. The monoisotopic (exact) mass is 463 g/mol. The standard InChI is InChI=1S/C28H29N7/c29-13-9-19-1-7-23(8-2-19)35-26-24-10-14-31-27(24)32-18-25(26)33-28(35)21-11-15-34(16-12-21)22-5-3-20(17-30)4-6-22/h3-6,10,14,18-19,21,23H,1-2,7-9,11-12,15-16H2,(H,31,32)/t19-,23-. The third-order valence-electron chi connectivity index (χ3n) is 8.04. The highest BCUT2D eigenvalue weighted by Crippen LogP contribution is 2.41. The molecule has 4 heterocycles. The Hall–Kier alpha value is -3.84. The molecule has 7 heteroatoms. The van der Waals surface area contributed by atoms with Crippen LogP contribution in [0.3, 0.4) is 0 Å². The maximum absolute atomic E-state index is 9.15. The van der Waals surface area contributed by atoms with Crippen molar-refractivity contribution in [3.05, 3.63) is 54.1 Å². The molecule has 1 aliphatic heterocycles. The number of hydrogen-bond acceptors (Lipinski definition) is 5. The Morgan fingerprint density at radius 3 is 2.46 bits per heavy atom. The molecule has 6 rings (SSSR count). The van der Waals surface area contributed by atoms with Crippen molar-refractivity contribution in [2.75, 3.05) is 18.0 Å². The Morgan fingerprint density at radius 2 is 1.74 bits per heavy atom. The number of rotatable bonds is 4. The van der Waals surface area contributed by atoms with Crippen LogP contribution in [0.1, 0.15) is 68.3 Å². The second kappa shape index (κ2) is 9.07. The molecule has 7 nitrogen and oxygen atoms in total. The van der Waals surface area contributed by atoms with E-state index in [0.717, 1.165) is 68.2 Å². The number of nitrogens with one attached hydrogen (secondary N) is 1. The number of H-pyrrole nitrogens is 1. The number of anilines is 1. The van der Waals surface area contributed by atoms with Crippen LogP contribution >= 0.6 is 0 Å². The van der Waals surface area contributed by atoms with Crippen LogP contribution in [0.15, 0.2) is 42.7 Å². The van der Waals surface area contributed by atoms with Gasteiger partial charge in [0.25, 0.3) is 0 Å². The number of nitrogens with zero attached hydrogens (tertiary/aromatic N) is 6. The van der Waals surface area contributed by atoms with Gasteiger partial charge in [-0.1, -0.05) is 0 Å². The van der Waals surface area contributed by atoms with Crippen molar-refractivity contribution in [1.29, 1.82) is 10.5 Å². The van der Waals surface area contributed by atoms with Crippen LogP contribution in [-0.2, 0) is 0 Å². The number of imidazole rings is 1. The molecule has 3 aromatic heterocycles. The van der Waals surface area contributed by atoms with Crippen LogP contribution in [0.5, 0.6) is 0 Å². The Balaban J connectivity index is 1.31. The van der Waals surface area contributed by atoms with Gasteiger partial charge < -0.3 is 14.5 Å². The summed E-state index contributed by atoms with van der Waals surface area (Å²) in [7, 11) is 0. The number of aromatic nitrogens is 4. The summed E-state index contributed by atoms with van der Waals surface area (Å²) in [6.45, 7) is 1.96. The largest absolute Gasteiger partial charge is 0.371 e. The van der Waals surface area contributed by atoms with E-state index in [-0.39, 0.29) is 0 Å². The maximum atomic E-state index is 9.15. The Bertz CT molecular complexity index is 1420. The zero-order valence-corrected chi connectivity index (χ0v) is 19.8. The van der Waals surface area contributed by atoms with Crippen LogP contribution in [-0.4, -0.2) is 32.6 Å². The summed E-state index contributed by atoms with van der Waals surface area (Å²) >= 11 is 0. The molecule has 1 aliphatic carbocycles. The van der Waals surface area contributed by atoms with E-state index in [1.165, 1.54) is 17.0 Å². The summed E-state index contributed by atoms with van der Waals surface area (Å²) in [6.07, 6.45) is 11.1. The highest BCUT2D eigenvalue weighted by Gasteiger charge is 2.31. The number of benzene rings is 1. The number of piperidine rings is 1. The molecule has 0 spiro atoms. The molecule has 2 aliphatic rings. The molecular weight excluding hydrogens is 434 g/mol. The van der Waals surface area contributed by atoms with Gasteiger partial charge in [0, 0.05) is 48.7 Å². The smallest absolute Gasteiger partial charge is 0.139 e. The number of aromatic amines is 1. The summed E-state index contributed by atoms with van der Waals surface area (Å²) in [5, 5.41) is 19.4. The average molecular weight is 464 g/mol. The zero-order valence-electron chi connectivity index (χ0n) is 19.8. The normalized spacial score (nSPS) is 21.3. The zero-order chi connectivity index (χ0) is 23.8. The summed E-state index contributed by atoms with van der Waals surface area (Å²) in [5.41, 5.74) is 5.00. The first-order valence-electron chi connectivity index (χ1n) is 12.7. The number of pyridine rings is 1. The lowest BCUT2D eigenvalue weighted by atomic mass is 9.84. The van der Waals surface area contributed by atoms with Crippen LogP contribution < -0.4 is 4.90 Å². The van der Waals surface area contributed by atoms with E-state index in [0.29, 0.717) is 29.9 Å². The topological polar surface area (TPSA) is 97.3 Å². The molecule has 35 heavy (non-hydrogen) atoms. The molecule has 0 atom stereocenters. The molecule has 0 radical (unpaired) electrons. The van der Waals surface area contributed by atoms with Crippen LogP contribution in [0, 0.1) is 28.6 Å². The number of hydrogen-bond donors (Lipinski definition) is 1. The molecule has 0 bridgehead atoms. The highest BCUT2D eigenvalue weighted by atomic mass is 15.2. The van der Waals surface area contributed by atoms with Gasteiger partial charge in [0.1, 0.15) is 17.0 Å². The van der Waals surface area contributed by atoms with Gasteiger partial charge in [0.2, 0.25) is 0 Å². The first kappa shape index (κ1) is 21.7. The fourth-order valence-corrected chi connectivity index (χ4v) is 6.15. The van der Waals surface area contributed by atoms with Gasteiger partial charge in [0.15, 0.2) is 0 Å². The van der Waals surface area contributed by atoms with Gasteiger partial charge in [-0.05, 0) is 74.8 Å². The number of nitriles is 2. The molecule has 1 saturated carbocycles. The molecule has 176 valence electrons. The number of fused-ring (bicyclic) bond motifs is 3. The van der Waals surface area contributed by atoms with Crippen molar-refractivity contribution < 1.29 is 0 Å². The average Bonchev–Trinajstić information content (AvgIpc) is 3.54. The third-order valence-corrected chi connectivity index (χ3v) is 8.04. The van der Waals surface area contributed by atoms with Gasteiger partial charge in [-0.2, -0.15) is 10.5 Å². The van der Waals surface area contributed by atoms with Crippen molar-refractivity contribution in [1.82, 2.24) is 19.5 Å². The van der Waals surface area contributed by atoms with Crippen LogP contribution in [0.2, 0.25) is 0 Å². The van der Waals surface area contributed by atoms with Gasteiger partial charge in [-0.3, -0.25) is 0 Å². The van der Waals surface area contributed by atoms with Crippen molar-refractivity contribution in [3.63, 3.8) is 0 Å². The fraction of sp³-hybridized carbons (Fsp3) is 0.429. The van der Waals surface area contributed by atoms with E-state index in [4.69, 9.17) is 15.5 Å². The molecule has 0 amide bonds. The van der Waals surface area contributed by atoms with Crippen LogP contribution in [0.25, 0.3) is 22.1 Å². The quantitative estimate of drug-likeness (QED) is 0.412. The van der Waals surface area contributed by atoms with E-state index < -0.39 is 0 Å². The summed E-state index contributed by atoms with van der Waals surface area (Å²) in [5.74, 6) is 2.14. The molecule has 1 aromatic carbocycles. The lowest BCUT2D eigenvalue weighted by molar-refractivity contribution is 0.273. The lowest BCUT2D eigenvalue weighted by Gasteiger charge is -2.35. The summed E-state index contributed by atoms with van der Waals surface area (Å²) in [4.78, 5) is 15.5. The van der Waals surface area contributed by atoms with Crippen molar-refractivity contribution in [2.45, 2.75) is 56.9 Å². The van der Waals surface area contributed by atoms with Crippen LogP contribution in [0.4, 0.5) is 5.69 Å². The minimum absolute atomic E-state index is 0.405.